The average Bonchev–Trinajstić information content (AvgIpc) is 2.99. The monoisotopic (exact) mass is 307 g/mol. The van der Waals surface area contributed by atoms with Crippen LogP contribution in [0.4, 0.5) is 4.39 Å². The maximum Gasteiger partial charge on any atom is 0.244 e. The Bertz CT molecular complexity index is 606. The van der Waals surface area contributed by atoms with Gasteiger partial charge in [0.1, 0.15) is 5.82 Å². The smallest absolute Gasteiger partial charge is 0.244 e. The summed E-state index contributed by atoms with van der Waals surface area (Å²) in [7, 11) is 0. The van der Waals surface area contributed by atoms with Gasteiger partial charge in [0.2, 0.25) is 5.89 Å². The molecule has 1 unspecified atom stereocenters. The van der Waals surface area contributed by atoms with Crippen LogP contribution in [0.1, 0.15) is 37.2 Å². The van der Waals surface area contributed by atoms with E-state index in [4.69, 9.17) is 4.52 Å². The van der Waals surface area contributed by atoms with Gasteiger partial charge in [-0.15, -0.1) is 0 Å². The Morgan fingerprint density at radius 2 is 2.10 bits per heavy atom. The Hall–Kier alpha value is -1.40. The second-order valence-corrected chi connectivity index (χ2v) is 6.82. The summed E-state index contributed by atoms with van der Waals surface area (Å²) in [6, 6.07) is 6.56. The fraction of sp³-hybridized carbons (Fsp3) is 0.467. The number of aromatic nitrogens is 2. The second kappa shape index (κ2) is 5.77. The zero-order valence-corrected chi connectivity index (χ0v) is 12.9. The normalized spacial score (nSPS) is 19.7. The van der Waals surface area contributed by atoms with Crippen molar-refractivity contribution in [3.63, 3.8) is 0 Å². The molecule has 1 N–H and O–H groups in total. The molecule has 112 valence electrons. The van der Waals surface area contributed by atoms with Crippen LogP contribution in [0.2, 0.25) is 0 Å². The predicted molar refractivity (Wildman–Crippen MR) is 80.9 cm³/mol. The van der Waals surface area contributed by atoms with Crippen LogP contribution in [0.5, 0.6) is 0 Å². The van der Waals surface area contributed by atoms with Crippen molar-refractivity contribution in [2.75, 3.05) is 18.1 Å². The zero-order valence-electron chi connectivity index (χ0n) is 12.1. The first kappa shape index (κ1) is 14.5. The highest BCUT2D eigenvalue weighted by Crippen LogP contribution is 2.30. The van der Waals surface area contributed by atoms with Crippen molar-refractivity contribution < 1.29 is 8.91 Å². The van der Waals surface area contributed by atoms with Crippen molar-refractivity contribution in [3.8, 4) is 0 Å². The van der Waals surface area contributed by atoms with Crippen LogP contribution in [-0.2, 0) is 5.41 Å². The summed E-state index contributed by atoms with van der Waals surface area (Å²) in [5, 5.41) is 7.51. The number of thioether (sulfide) groups is 1. The van der Waals surface area contributed by atoms with Gasteiger partial charge in [-0.1, -0.05) is 17.3 Å². The summed E-state index contributed by atoms with van der Waals surface area (Å²) in [5.74, 6) is 3.07. The van der Waals surface area contributed by atoms with Gasteiger partial charge in [0.25, 0.3) is 0 Å². The maximum absolute atomic E-state index is 13.1. The summed E-state index contributed by atoms with van der Waals surface area (Å²) in [6.07, 6.45) is 0. The first-order valence-corrected chi connectivity index (χ1v) is 8.14. The number of hydrogen-bond acceptors (Lipinski definition) is 5. The van der Waals surface area contributed by atoms with Crippen LogP contribution in [0.25, 0.3) is 0 Å². The molecule has 0 spiro atoms. The molecule has 1 aliphatic heterocycles. The van der Waals surface area contributed by atoms with Crippen molar-refractivity contribution >= 4 is 11.8 Å². The molecule has 1 saturated heterocycles. The molecule has 0 amide bonds. The molecule has 0 radical (unpaired) electrons. The first-order valence-electron chi connectivity index (χ1n) is 6.98. The average molecular weight is 307 g/mol. The predicted octanol–water partition coefficient (Wildman–Crippen LogP) is 2.91. The van der Waals surface area contributed by atoms with Crippen molar-refractivity contribution in [1.29, 1.82) is 0 Å². The van der Waals surface area contributed by atoms with E-state index in [2.05, 4.69) is 15.5 Å². The number of nitrogens with zero attached hydrogens (tertiary/aromatic N) is 2. The van der Waals surface area contributed by atoms with Gasteiger partial charge in [-0.25, -0.2) is 4.39 Å². The van der Waals surface area contributed by atoms with Crippen LogP contribution in [0, 0.1) is 5.82 Å². The summed E-state index contributed by atoms with van der Waals surface area (Å²) in [6.45, 7) is 4.98. The van der Waals surface area contributed by atoms with Gasteiger partial charge < -0.3 is 9.84 Å². The number of rotatable bonds is 3. The van der Waals surface area contributed by atoms with Gasteiger partial charge in [-0.2, -0.15) is 16.7 Å². The number of halogens is 1. The Balaban J connectivity index is 1.85. The minimum absolute atomic E-state index is 0.119. The van der Waals surface area contributed by atoms with Gasteiger partial charge in [0.05, 0.1) is 11.5 Å². The largest absolute Gasteiger partial charge is 0.338 e. The molecule has 6 heteroatoms. The van der Waals surface area contributed by atoms with E-state index >= 15 is 0 Å². The van der Waals surface area contributed by atoms with Crippen LogP contribution in [-0.4, -0.2) is 28.2 Å². The standard InChI is InChI=1S/C15H18FN3OS/c1-15(2,10-3-5-11(16)6-4-10)14-18-13(20-19-14)12-9-21-8-7-17-12/h3-6,12,17H,7-9H2,1-2H3. The van der Waals surface area contributed by atoms with Crippen LogP contribution in [0.3, 0.4) is 0 Å². The van der Waals surface area contributed by atoms with E-state index in [0.717, 1.165) is 23.6 Å². The van der Waals surface area contributed by atoms with Gasteiger partial charge in [0, 0.05) is 18.1 Å². The Labute approximate surface area is 127 Å². The van der Waals surface area contributed by atoms with Crippen LogP contribution >= 0.6 is 11.8 Å². The fourth-order valence-corrected chi connectivity index (χ4v) is 3.28. The number of nitrogens with one attached hydrogen (secondary N) is 1. The van der Waals surface area contributed by atoms with E-state index in [-0.39, 0.29) is 11.9 Å². The van der Waals surface area contributed by atoms with Crippen molar-refractivity contribution in [2.24, 2.45) is 0 Å². The number of hydrogen-bond donors (Lipinski definition) is 1. The molecule has 1 aromatic heterocycles. The molecular weight excluding hydrogens is 289 g/mol. The van der Waals surface area contributed by atoms with Crippen molar-refractivity contribution in [1.82, 2.24) is 15.5 Å². The molecule has 0 aliphatic carbocycles. The molecule has 1 aliphatic rings. The topological polar surface area (TPSA) is 51.0 Å². The van der Waals surface area contributed by atoms with Gasteiger partial charge in [0.15, 0.2) is 5.82 Å². The molecule has 3 rings (SSSR count). The SMILES string of the molecule is CC(C)(c1ccc(F)cc1)c1noc(C2CSCCN2)n1. The molecular formula is C15H18FN3OS. The maximum atomic E-state index is 13.1. The van der Waals surface area contributed by atoms with E-state index in [1.807, 2.05) is 25.6 Å². The minimum atomic E-state index is -0.419. The van der Waals surface area contributed by atoms with Crippen molar-refractivity contribution in [3.05, 3.63) is 47.4 Å². The molecule has 4 nitrogen and oxygen atoms in total. The molecule has 21 heavy (non-hydrogen) atoms. The van der Waals surface area contributed by atoms with E-state index in [0.29, 0.717) is 11.7 Å². The van der Waals surface area contributed by atoms with Crippen LogP contribution in [0.15, 0.2) is 28.8 Å². The Morgan fingerprint density at radius 1 is 1.33 bits per heavy atom. The highest BCUT2D eigenvalue weighted by molar-refractivity contribution is 7.99. The molecule has 1 fully saturated rings. The van der Waals surface area contributed by atoms with E-state index in [9.17, 15) is 4.39 Å². The van der Waals surface area contributed by atoms with Gasteiger partial charge in [-0.05, 0) is 31.5 Å². The van der Waals surface area contributed by atoms with Gasteiger partial charge in [-0.3, -0.25) is 0 Å². The second-order valence-electron chi connectivity index (χ2n) is 5.67. The molecule has 1 atom stereocenters. The third-order valence-corrected chi connectivity index (χ3v) is 4.85. The summed E-state index contributed by atoms with van der Waals surface area (Å²) in [5.41, 5.74) is 0.541. The van der Waals surface area contributed by atoms with E-state index < -0.39 is 5.41 Å². The lowest BCUT2D eigenvalue weighted by Crippen LogP contribution is -2.30. The molecule has 2 heterocycles. The highest BCUT2D eigenvalue weighted by atomic mass is 32.2. The Kier molecular flexibility index (Phi) is 3.99. The van der Waals surface area contributed by atoms with Gasteiger partial charge >= 0.3 is 0 Å². The lowest BCUT2D eigenvalue weighted by atomic mass is 9.84. The van der Waals surface area contributed by atoms with Crippen LogP contribution < -0.4 is 5.32 Å². The Morgan fingerprint density at radius 3 is 2.76 bits per heavy atom. The van der Waals surface area contributed by atoms with E-state index in [1.54, 1.807) is 12.1 Å². The lowest BCUT2D eigenvalue weighted by Gasteiger charge is -2.21. The first-order chi connectivity index (χ1) is 10.1. The third-order valence-electron chi connectivity index (χ3n) is 3.79. The number of benzene rings is 1. The highest BCUT2D eigenvalue weighted by Gasteiger charge is 2.31. The fourth-order valence-electron chi connectivity index (χ4n) is 2.35. The quantitative estimate of drug-likeness (QED) is 0.945. The summed E-state index contributed by atoms with van der Waals surface area (Å²) >= 11 is 1.88. The third kappa shape index (κ3) is 2.96. The molecule has 0 saturated carbocycles. The van der Waals surface area contributed by atoms with E-state index in [1.165, 1.54) is 12.1 Å². The summed E-state index contributed by atoms with van der Waals surface area (Å²) < 4.78 is 18.5. The summed E-state index contributed by atoms with van der Waals surface area (Å²) in [4.78, 5) is 4.56. The molecule has 0 bridgehead atoms. The minimum Gasteiger partial charge on any atom is -0.338 e. The molecule has 1 aromatic carbocycles. The molecule has 2 aromatic rings. The lowest BCUT2D eigenvalue weighted by molar-refractivity contribution is 0.335. The van der Waals surface area contributed by atoms with Crippen molar-refractivity contribution in [2.45, 2.75) is 25.3 Å². The zero-order chi connectivity index (χ0) is 14.9.